The fourth-order valence-electron chi connectivity index (χ4n) is 2.21. The van der Waals surface area contributed by atoms with Gasteiger partial charge in [0, 0.05) is 0 Å². The van der Waals surface area contributed by atoms with Gasteiger partial charge in [0.1, 0.15) is 6.04 Å². The van der Waals surface area contributed by atoms with E-state index in [2.05, 4.69) is 32.0 Å². The van der Waals surface area contributed by atoms with E-state index in [0.29, 0.717) is 6.42 Å². The topological polar surface area (TPSA) is 63.3 Å². The molecule has 20 heavy (non-hydrogen) atoms. The van der Waals surface area contributed by atoms with Crippen LogP contribution >= 0.6 is 0 Å². The molecule has 2 aromatic rings. The molecule has 0 fully saturated rings. The lowest BCUT2D eigenvalue weighted by atomic mass is 9.93. The van der Waals surface area contributed by atoms with E-state index >= 15 is 0 Å². The Balaban J connectivity index is 2.41. The predicted octanol–water partition coefficient (Wildman–Crippen LogP) is 2.92. The second-order valence-corrected chi connectivity index (χ2v) is 5.11. The summed E-state index contributed by atoms with van der Waals surface area (Å²) >= 11 is 0. The van der Waals surface area contributed by atoms with Crippen molar-refractivity contribution in [3.05, 3.63) is 59.2 Å². The summed E-state index contributed by atoms with van der Waals surface area (Å²) in [6.45, 7) is 4.15. The molecule has 3 heteroatoms. The number of hydrogen-bond acceptors (Lipinski definition) is 2. The molecule has 0 saturated heterocycles. The molecule has 0 bridgehead atoms. The van der Waals surface area contributed by atoms with Crippen LogP contribution in [0.2, 0.25) is 0 Å². The summed E-state index contributed by atoms with van der Waals surface area (Å²) in [5.41, 5.74) is 11.2. The molecule has 0 radical (unpaired) electrons. The zero-order valence-corrected chi connectivity index (χ0v) is 11.8. The fourth-order valence-corrected chi connectivity index (χ4v) is 2.21. The van der Waals surface area contributed by atoms with Crippen LogP contribution in [0, 0.1) is 13.8 Å². The van der Waals surface area contributed by atoms with Gasteiger partial charge >= 0.3 is 5.97 Å². The van der Waals surface area contributed by atoms with Crippen LogP contribution < -0.4 is 5.73 Å². The summed E-state index contributed by atoms with van der Waals surface area (Å²) in [5.74, 6) is -0.972. The molecule has 0 saturated carbocycles. The first-order chi connectivity index (χ1) is 9.49. The minimum atomic E-state index is -0.972. The molecule has 2 rings (SSSR count). The Labute approximate surface area is 119 Å². The zero-order valence-electron chi connectivity index (χ0n) is 11.8. The van der Waals surface area contributed by atoms with Gasteiger partial charge in [0.25, 0.3) is 0 Å². The Kier molecular flexibility index (Phi) is 4.20. The van der Waals surface area contributed by atoms with E-state index in [4.69, 9.17) is 10.8 Å². The molecular weight excluding hydrogens is 250 g/mol. The molecule has 0 amide bonds. The number of aryl methyl sites for hydroxylation is 2. The number of carbonyl (C=O) groups is 1. The Bertz CT molecular complexity index is 635. The number of carboxylic acid groups (broad SMARTS) is 1. The molecule has 1 atom stereocenters. The van der Waals surface area contributed by atoms with E-state index in [1.165, 1.54) is 11.1 Å². The zero-order chi connectivity index (χ0) is 14.7. The molecule has 0 heterocycles. The van der Waals surface area contributed by atoms with Gasteiger partial charge in [-0.25, -0.2) is 0 Å². The maximum absolute atomic E-state index is 10.9. The molecular formula is C17H19NO2. The molecule has 2 aromatic carbocycles. The van der Waals surface area contributed by atoms with Crippen molar-refractivity contribution in [2.24, 2.45) is 5.73 Å². The Morgan fingerprint density at radius 2 is 1.85 bits per heavy atom. The fraction of sp³-hybridized carbons (Fsp3) is 0.235. The van der Waals surface area contributed by atoms with Crippen molar-refractivity contribution in [3.8, 4) is 11.1 Å². The van der Waals surface area contributed by atoms with Crippen molar-refractivity contribution < 1.29 is 9.90 Å². The Hall–Kier alpha value is -2.13. The molecule has 0 aromatic heterocycles. The highest BCUT2D eigenvalue weighted by Crippen LogP contribution is 2.26. The average molecular weight is 269 g/mol. The lowest BCUT2D eigenvalue weighted by Gasteiger charge is -2.13. The third-order valence-corrected chi connectivity index (χ3v) is 3.59. The number of nitrogens with two attached hydrogens (primary N) is 1. The number of carboxylic acids is 1. The average Bonchev–Trinajstić information content (AvgIpc) is 2.42. The van der Waals surface area contributed by atoms with Crippen molar-refractivity contribution in [2.75, 3.05) is 0 Å². The predicted molar refractivity (Wildman–Crippen MR) is 80.7 cm³/mol. The molecule has 3 N–H and O–H groups in total. The summed E-state index contributed by atoms with van der Waals surface area (Å²) in [6, 6.07) is 13.2. The molecule has 0 aliphatic carbocycles. The van der Waals surface area contributed by atoms with Gasteiger partial charge in [-0.2, -0.15) is 0 Å². The molecule has 3 nitrogen and oxygen atoms in total. The van der Waals surface area contributed by atoms with Crippen LogP contribution in [-0.4, -0.2) is 17.1 Å². The van der Waals surface area contributed by atoms with E-state index in [-0.39, 0.29) is 0 Å². The first-order valence-corrected chi connectivity index (χ1v) is 6.63. The molecule has 104 valence electrons. The van der Waals surface area contributed by atoms with Crippen LogP contribution in [0.4, 0.5) is 0 Å². The van der Waals surface area contributed by atoms with Gasteiger partial charge in [0.15, 0.2) is 0 Å². The highest BCUT2D eigenvalue weighted by molar-refractivity contribution is 5.75. The Morgan fingerprint density at radius 1 is 1.15 bits per heavy atom. The SMILES string of the molecule is Cc1ccc(-c2ccccc2CC(N)C(=O)O)cc1C. The van der Waals surface area contributed by atoms with Crippen molar-refractivity contribution in [2.45, 2.75) is 26.3 Å². The Morgan fingerprint density at radius 3 is 2.50 bits per heavy atom. The van der Waals surface area contributed by atoms with E-state index in [0.717, 1.165) is 16.7 Å². The number of rotatable bonds is 4. The summed E-state index contributed by atoms with van der Waals surface area (Å²) < 4.78 is 0. The summed E-state index contributed by atoms with van der Waals surface area (Å²) in [4.78, 5) is 10.9. The van der Waals surface area contributed by atoms with E-state index < -0.39 is 12.0 Å². The van der Waals surface area contributed by atoms with Gasteiger partial charge in [-0.1, -0.05) is 42.5 Å². The maximum Gasteiger partial charge on any atom is 0.320 e. The van der Waals surface area contributed by atoms with Crippen LogP contribution in [0.25, 0.3) is 11.1 Å². The maximum atomic E-state index is 10.9. The van der Waals surface area contributed by atoms with Crippen LogP contribution in [0.3, 0.4) is 0 Å². The van der Waals surface area contributed by atoms with Crippen molar-refractivity contribution >= 4 is 5.97 Å². The largest absolute Gasteiger partial charge is 0.480 e. The van der Waals surface area contributed by atoms with Crippen molar-refractivity contribution in [3.63, 3.8) is 0 Å². The van der Waals surface area contributed by atoms with Crippen LogP contribution in [-0.2, 0) is 11.2 Å². The first-order valence-electron chi connectivity index (χ1n) is 6.63. The van der Waals surface area contributed by atoms with Crippen molar-refractivity contribution in [1.29, 1.82) is 0 Å². The second-order valence-electron chi connectivity index (χ2n) is 5.11. The smallest absolute Gasteiger partial charge is 0.320 e. The molecule has 0 aliphatic heterocycles. The minimum Gasteiger partial charge on any atom is -0.480 e. The van der Waals surface area contributed by atoms with Crippen molar-refractivity contribution in [1.82, 2.24) is 0 Å². The quantitative estimate of drug-likeness (QED) is 0.897. The van der Waals surface area contributed by atoms with Crippen LogP contribution in [0.1, 0.15) is 16.7 Å². The monoisotopic (exact) mass is 269 g/mol. The van der Waals surface area contributed by atoms with Gasteiger partial charge in [-0.15, -0.1) is 0 Å². The second kappa shape index (κ2) is 5.88. The third-order valence-electron chi connectivity index (χ3n) is 3.59. The van der Waals surface area contributed by atoms with Gasteiger partial charge in [0.05, 0.1) is 0 Å². The van der Waals surface area contributed by atoms with E-state index in [9.17, 15) is 4.79 Å². The van der Waals surface area contributed by atoms with Crippen LogP contribution in [0.5, 0.6) is 0 Å². The normalized spacial score (nSPS) is 12.2. The van der Waals surface area contributed by atoms with Gasteiger partial charge in [-0.05, 0) is 48.1 Å². The molecule has 1 unspecified atom stereocenters. The third kappa shape index (κ3) is 3.06. The first kappa shape index (κ1) is 14.3. The lowest BCUT2D eigenvalue weighted by molar-refractivity contribution is -0.138. The van der Waals surface area contributed by atoms with E-state index in [1.807, 2.05) is 24.3 Å². The highest BCUT2D eigenvalue weighted by Gasteiger charge is 2.15. The molecule has 0 spiro atoms. The number of hydrogen-bond donors (Lipinski definition) is 2. The summed E-state index contributed by atoms with van der Waals surface area (Å²) in [6.07, 6.45) is 0.332. The summed E-state index contributed by atoms with van der Waals surface area (Å²) in [7, 11) is 0. The van der Waals surface area contributed by atoms with Gasteiger partial charge in [-0.3, -0.25) is 4.79 Å². The van der Waals surface area contributed by atoms with E-state index in [1.54, 1.807) is 0 Å². The minimum absolute atomic E-state index is 0.332. The van der Waals surface area contributed by atoms with Gasteiger partial charge < -0.3 is 10.8 Å². The number of aliphatic carboxylic acids is 1. The highest BCUT2D eigenvalue weighted by atomic mass is 16.4. The van der Waals surface area contributed by atoms with Gasteiger partial charge in [0.2, 0.25) is 0 Å². The summed E-state index contributed by atoms with van der Waals surface area (Å²) in [5, 5.41) is 8.96. The number of benzene rings is 2. The lowest BCUT2D eigenvalue weighted by Crippen LogP contribution is -2.32. The van der Waals surface area contributed by atoms with Crippen LogP contribution in [0.15, 0.2) is 42.5 Å². The standard InChI is InChI=1S/C17H19NO2/c1-11-7-8-14(9-12(11)2)15-6-4-3-5-13(15)10-16(18)17(19)20/h3-9,16H,10,18H2,1-2H3,(H,19,20). The molecule has 0 aliphatic rings.